The van der Waals surface area contributed by atoms with Crippen LogP contribution in [0.4, 0.5) is 0 Å². The van der Waals surface area contributed by atoms with Gasteiger partial charge in [0.15, 0.2) is 0 Å². The standard InChI is InChI=1S/C14H16ClN3O/c15-11-3-1-2-10(8-11)13-9-18(14(19)17-13)12-4-6-16-7-5-12/h1-3,8-9,12,16H,4-7H2,(H,17,19). The van der Waals surface area contributed by atoms with E-state index in [1.165, 1.54) is 0 Å². The Hall–Kier alpha value is -1.52. The fraction of sp³-hybridized carbons (Fsp3) is 0.357. The zero-order valence-corrected chi connectivity index (χ0v) is 11.3. The highest BCUT2D eigenvalue weighted by atomic mass is 35.5. The highest BCUT2D eigenvalue weighted by molar-refractivity contribution is 6.30. The van der Waals surface area contributed by atoms with Crippen molar-refractivity contribution in [1.82, 2.24) is 14.9 Å². The van der Waals surface area contributed by atoms with Crippen molar-refractivity contribution in [2.24, 2.45) is 0 Å². The number of H-pyrrole nitrogens is 1. The Balaban J connectivity index is 1.94. The lowest BCUT2D eigenvalue weighted by atomic mass is 10.1. The molecule has 0 saturated carbocycles. The van der Waals surface area contributed by atoms with Gasteiger partial charge in [0.25, 0.3) is 0 Å². The van der Waals surface area contributed by atoms with E-state index in [1.807, 2.05) is 35.0 Å². The summed E-state index contributed by atoms with van der Waals surface area (Å²) in [5.74, 6) is 0. The number of rotatable bonds is 2. The maximum atomic E-state index is 12.1. The van der Waals surface area contributed by atoms with Gasteiger partial charge >= 0.3 is 5.69 Å². The molecule has 1 aromatic carbocycles. The van der Waals surface area contributed by atoms with Gasteiger partial charge in [-0.25, -0.2) is 4.79 Å². The van der Waals surface area contributed by atoms with E-state index in [-0.39, 0.29) is 11.7 Å². The molecule has 100 valence electrons. The number of aromatic nitrogens is 2. The lowest BCUT2D eigenvalue weighted by molar-refractivity contribution is 0.361. The minimum atomic E-state index is -0.0399. The Morgan fingerprint density at radius 3 is 2.79 bits per heavy atom. The Bertz CT molecular complexity index is 626. The highest BCUT2D eigenvalue weighted by Crippen LogP contribution is 2.23. The molecule has 0 spiro atoms. The van der Waals surface area contributed by atoms with Crippen molar-refractivity contribution in [3.63, 3.8) is 0 Å². The van der Waals surface area contributed by atoms with Gasteiger partial charge in [0.1, 0.15) is 0 Å². The molecular formula is C14H16ClN3O. The van der Waals surface area contributed by atoms with Crippen molar-refractivity contribution in [1.29, 1.82) is 0 Å². The highest BCUT2D eigenvalue weighted by Gasteiger charge is 2.17. The summed E-state index contributed by atoms with van der Waals surface area (Å²) in [5.41, 5.74) is 1.73. The van der Waals surface area contributed by atoms with Crippen LogP contribution < -0.4 is 11.0 Å². The minimum absolute atomic E-state index is 0.0399. The number of hydrogen-bond acceptors (Lipinski definition) is 2. The molecule has 1 saturated heterocycles. The van der Waals surface area contributed by atoms with Crippen LogP contribution in [0.1, 0.15) is 18.9 Å². The summed E-state index contributed by atoms with van der Waals surface area (Å²) >= 11 is 5.98. The van der Waals surface area contributed by atoms with Crippen LogP contribution in [0, 0.1) is 0 Å². The number of piperidine rings is 1. The second-order valence-corrected chi connectivity index (χ2v) is 5.31. The van der Waals surface area contributed by atoms with Gasteiger partial charge in [-0.05, 0) is 38.1 Å². The number of imidazole rings is 1. The van der Waals surface area contributed by atoms with E-state index in [1.54, 1.807) is 0 Å². The summed E-state index contributed by atoms with van der Waals surface area (Å²) in [4.78, 5) is 15.0. The van der Waals surface area contributed by atoms with E-state index in [0.29, 0.717) is 5.02 Å². The third kappa shape index (κ3) is 2.60. The molecule has 4 nitrogen and oxygen atoms in total. The van der Waals surface area contributed by atoms with Crippen molar-refractivity contribution >= 4 is 11.6 Å². The Morgan fingerprint density at radius 1 is 1.26 bits per heavy atom. The molecule has 2 N–H and O–H groups in total. The van der Waals surface area contributed by atoms with E-state index >= 15 is 0 Å². The SMILES string of the molecule is O=c1[nH]c(-c2cccc(Cl)c2)cn1C1CCNCC1. The predicted molar refractivity (Wildman–Crippen MR) is 76.6 cm³/mol. The van der Waals surface area contributed by atoms with Crippen LogP contribution in [-0.4, -0.2) is 22.6 Å². The first-order valence-electron chi connectivity index (χ1n) is 6.52. The van der Waals surface area contributed by atoms with Crippen LogP contribution in [0.25, 0.3) is 11.3 Å². The predicted octanol–water partition coefficient (Wildman–Crippen LogP) is 2.42. The van der Waals surface area contributed by atoms with Gasteiger partial charge in [-0.3, -0.25) is 4.57 Å². The van der Waals surface area contributed by atoms with Gasteiger partial charge in [0.05, 0.1) is 5.69 Å². The smallest absolute Gasteiger partial charge is 0.317 e. The molecule has 0 bridgehead atoms. The first-order valence-corrected chi connectivity index (χ1v) is 6.89. The van der Waals surface area contributed by atoms with Crippen LogP contribution in [0.3, 0.4) is 0 Å². The van der Waals surface area contributed by atoms with Crippen LogP contribution in [0.15, 0.2) is 35.3 Å². The van der Waals surface area contributed by atoms with Crippen molar-refractivity contribution in [2.75, 3.05) is 13.1 Å². The molecule has 1 aliphatic heterocycles. The van der Waals surface area contributed by atoms with E-state index in [2.05, 4.69) is 10.3 Å². The largest absolute Gasteiger partial charge is 0.326 e. The molecule has 0 aliphatic carbocycles. The molecule has 0 amide bonds. The number of nitrogens with zero attached hydrogens (tertiary/aromatic N) is 1. The quantitative estimate of drug-likeness (QED) is 0.886. The minimum Gasteiger partial charge on any atom is -0.317 e. The molecule has 0 radical (unpaired) electrons. The lowest BCUT2D eigenvalue weighted by Crippen LogP contribution is -2.32. The van der Waals surface area contributed by atoms with Gasteiger partial charge in [-0.2, -0.15) is 0 Å². The fourth-order valence-electron chi connectivity index (χ4n) is 2.57. The van der Waals surface area contributed by atoms with Gasteiger partial charge in [0, 0.05) is 22.8 Å². The van der Waals surface area contributed by atoms with Gasteiger partial charge in [0.2, 0.25) is 0 Å². The number of hydrogen-bond donors (Lipinski definition) is 2. The maximum absolute atomic E-state index is 12.1. The average molecular weight is 278 g/mol. The summed E-state index contributed by atoms with van der Waals surface area (Å²) in [6, 6.07) is 7.81. The summed E-state index contributed by atoms with van der Waals surface area (Å²) in [6.45, 7) is 1.93. The van der Waals surface area contributed by atoms with E-state index in [4.69, 9.17) is 11.6 Å². The van der Waals surface area contributed by atoms with Crippen molar-refractivity contribution in [3.05, 3.63) is 46.0 Å². The molecule has 2 aromatic rings. The summed E-state index contributed by atoms with van der Waals surface area (Å²) in [6.07, 6.45) is 3.89. The fourth-order valence-corrected chi connectivity index (χ4v) is 2.76. The van der Waals surface area contributed by atoms with Crippen LogP contribution in [-0.2, 0) is 0 Å². The van der Waals surface area contributed by atoms with Crippen molar-refractivity contribution in [3.8, 4) is 11.3 Å². The van der Waals surface area contributed by atoms with Crippen molar-refractivity contribution in [2.45, 2.75) is 18.9 Å². The van der Waals surface area contributed by atoms with Gasteiger partial charge in [-0.1, -0.05) is 23.7 Å². The first kappa shape index (κ1) is 12.5. The Morgan fingerprint density at radius 2 is 2.05 bits per heavy atom. The van der Waals surface area contributed by atoms with Crippen LogP contribution in [0.5, 0.6) is 0 Å². The zero-order chi connectivity index (χ0) is 13.2. The van der Waals surface area contributed by atoms with Crippen LogP contribution in [0.2, 0.25) is 5.02 Å². The van der Waals surface area contributed by atoms with E-state index < -0.39 is 0 Å². The van der Waals surface area contributed by atoms with Crippen LogP contribution >= 0.6 is 11.6 Å². The average Bonchev–Trinajstić information content (AvgIpc) is 2.82. The number of halogens is 1. The number of benzene rings is 1. The first-order chi connectivity index (χ1) is 9.24. The Kier molecular flexibility index (Phi) is 3.44. The Labute approximate surface area is 116 Å². The lowest BCUT2D eigenvalue weighted by Gasteiger charge is -2.22. The number of nitrogens with one attached hydrogen (secondary N) is 2. The van der Waals surface area contributed by atoms with E-state index in [9.17, 15) is 4.79 Å². The molecule has 1 aromatic heterocycles. The van der Waals surface area contributed by atoms with Crippen molar-refractivity contribution < 1.29 is 0 Å². The molecule has 1 fully saturated rings. The molecule has 3 rings (SSSR count). The number of aromatic amines is 1. The molecular weight excluding hydrogens is 262 g/mol. The molecule has 5 heteroatoms. The van der Waals surface area contributed by atoms with E-state index in [0.717, 1.165) is 37.2 Å². The molecule has 1 aliphatic rings. The third-order valence-electron chi connectivity index (χ3n) is 3.58. The summed E-state index contributed by atoms with van der Waals surface area (Å²) in [5, 5.41) is 3.98. The van der Waals surface area contributed by atoms with Gasteiger partial charge in [-0.15, -0.1) is 0 Å². The monoisotopic (exact) mass is 277 g/mol. The molecule has 2 heterocycles. The second-order valence-electron chi connectivity index (χ2n) is 4.87. The molecule has 19 heavy (non-hydrogen) atoms. The zero-order valence-electron chi connectivity index (χ0n) is 10.5. The molecule has 0 atom stereocenters. The maximum Gasteiger partial charge on any atom is 0.326 e. The summed E-state index contributed by atoms with van der Waals surface area (Å²) in [7, 11) is 0. The topological polar surface area (TPSA) is 49.8 Å². The third-order valence-corrected chi connectivity index (χ3v) is 3.82. The van der Waals surface area contributed by atoms with Gasteiger partial charge < -0.3 is 10.3 Å². The summed E-state index contributed by atoms with van der Waals surface area (Å²) < 4.78 is 1.82. The second kappa shape index (κ2) is 5.23. The normalized spacial score (nSPS) is 16.7. The molecule has 0 unspecified atom stereocenters.